The molecule has 2 N–H and O–H groups in total. The number of carbonyl (C=O) groups is 1. The highest BCUT2D eigenvalue weighted by Crippen LogP contribution is 2.30. The van der Waals surface area contributed by atoms with E-state index in [0.29, 0.717) is 11.1 Å². The minimum atomic E-state index is -4.54. The lowest BCUT2D eigenvalue weighted by Crippen LogP contribution is -2.16. The first-order valence-electron chi connectivity index (χ1n) is 11.1. The average molecular weight is 560 g/mol. The summed E-state index contributed by atoms with van der Waals surface area (Å²) in [5.74, 6) is -4.19. The topological polar surface area (TPSA) is 119 Å². The van der Waals surface area contributed by atoms with Gasteiger partial charge in [-0.25, -0.2) is 22.2 Å². The Morgan fingerprint density at radius 1 is 1.10 bits per heavy atom. The zero-order chi connectivity index (χ0) is 27.9. The third-order valence-electron chi connectivity index (χ3n) is 5.72. The maximum absolute atomic E-state index is 15.5. The van der Waals surface area contributed by atoms with Crippen LogP contribution >= 0.6 is 0 Å². The molecular formula is C25H17F4N5O4S. The van der Waals surface area contributed by atoms with Crippen LogP contribution in [0.5, 0.6) is 5.75 Å². The maximum Gasteiger partial charge on any atom is 0.387 e. The van der Waals surface area contributed by atoms with Gasteiger partial charge in [-0.15, -0.1) is 0 Å². The number of hydrogen-bond donors (Lipinski definition) is 2. The van der Waals surface area contributed by atoms with Gasteiger partial charge in [-0.05, 0) is 30.3 Å². The van der Waals surface area contributed by atoms with Crippen molar-refractivity contribution < 1.29 is 35.5 Å². The van der Waals surface area contributed by atoms with Crippen molar-refractivity contribution in [3.63, 3.8) is 0 Å². The Kier molecular flexibility index (Phi) is 6.56. The molecule has 0 unspecified atom stereocenters. The van der Waals surface area contributed by atoms with Crippen molar-refractivity contribution in [1.29, 1.82) is 0 Å². The van der Waals surface area contributed by atoms with E-state index in [1.165, 1.54) is 6.20 Å². The van der Waals surface area contributed by atoms with E-state index in [-0.39, 0.29) is 16.6 Å². The Labute approximate surface area is 218 Å². The molecule has 0 aliphatic carbocycles. The van der Waals surface area contributed by atoms with Crippen LogP contribution in [0.1, 0.15) is 15.9 Å². The van der Waals surface area contributed by atoms with E-state index in [1.54, 1.807) is 36.4 Å². The number of fused-ring (bicyclic) bond motifs is 1. The van der Waals surface area contributed by atoms with Crippen LogP contribution in [-0.4, -0.2) is 40.6 Å². The molecule has 0 radical (unpaired) electrons. The first kappa shape index (κ1) is 25.9. The highest BCUT2D eigenvalue weighted by molar-refractivity contribution is 7.92. The number of nitrogens with one attached hydrogen (secondary N) is 2. The Balaban J connectivity index is 1.51. The SMILES string of the molecule is Cn1cc(-c2cnc3[nH]cc(C(=O)c4c(F)ccc(NS(=O)(=O)c5cccc(OC(F)F)c5)c4F)c3c2)cn1. The van der Waals surface area contributed by atoms with Crippen LogP contribution < -0.4 is 9.46 Å². The average Bonchev–Trinajstić information content (AvgIpc) is 3.51. The van der Waals surface area contributed by atoms with Gasteiger partial charge in [-0.1, -0.05) is 6.07 Å². The number of ether oxygens (including phenoxy) is 1. The first-order valence-corrected chi connectivity index (χ1v) is 12.6. The number of nitrogens with zero attached hydrogens (tertiary/aromatic N) is 3. The smallest absolute Gasteiger partial charge is 0.387 e. The number of ketones is 1. The van der Waals surface area contributed by atoms with Crippen molar-refractivity contribution in [2.75, 3.05) is 4.72 Å². The van der Waals surface area contributed by atoms with Gasteiger partial charge in [0.15, 0.2) is 5.82 Å². The van der Waals surface area contributed by atoms with Gasteiger partial charge in [-0.2, -0.15) is 13.9 Å². The fourth-order valence-electron chi connectivity index (χ4n) is 3.91. The molecule has 14 heteroatoms. The summed E-state index contributed by atoms with van der Waals surface area (Å²) in [5.41, 5.74) is -0.243. The number of hydrogen-bond acceptors (Lipinski definition) is 6. The predicted octanol–water partition coefficient (Wildman–Crippen LogP) is 4.87. The van der Waals surface area contributed by atoms with Crippen LogP contribution in [0.15, 0.2) is 72.1 Å². The highest BCUT2D eigenvalue weighted by Gasteiger charge is 2.27. The lowest BCUT2D eigenvalue weighted by Gasteiger charge is -2.13. The molecule has 39 heavy (non-hydrogen) atoms. The molecule has 0 saturated carbocycles. The fraction of sp³-hybridized carbons (Fsp3) is 0.0800. The summed E-state index contributed by atoms with van der Waals surface area (Å²) in [4.78, 5) is 19.8. The van der Waals surface area contributed by atoms with Crippen molar-refractivity contribution >= 4 is 32.5 Å². The van der Waals surface area contributed by atoms with Gasteiger partial charge in [0.2, 0.25) is 5.78 Å². The number of benzene rings is 2. The van der Waals surface area contributed by atoms with Crippen molar-refractivity contribution in [1.82, 2.24) is 19.7 Å². The number of carbonyl (C=O) groups excluding carboxylic acids is 1. The fourth-order valence-corrected chi connectivity index (χ4v) is 5.01. The van der Waals surface area contributed by atoms with Gasteiger partial charge in [0.05, 0.1) is 22.3 Å². The first-order chi connectivity index (χ1) is 18.5. The summed E-state index contributed by atoms with van der Waals surface area (Å²) in [6.45, 7) is -3.20. The molecular weight excluding hydrogens is 542 g/mol. The highest BCUT2D eigenvalue weighted by atomic mass is 32.2. The number of halogens is 4. The Bertz CT molecular complexity index is 1840. The van der Waals surface area contributed by atoms with Crippen LogP contribution in [0.25, 0.3) is 22.2 Å². The van der Waals surface area contributed by atoms with E-state index in [0.717, 1.165) is 36.4 Å². The maximum atomic E-state index is 15.5. The summed E-state index contributed by atoms with van der Waals surface area (Å²) in [5, 5.41) is 4.37. The Morgan fingerprint density at radius 3 is 2.62 bits per heavy atom. The van der Waals surface area contributed by atoms with Crippen molar-refractivity contribution in [3.8, 4) is 16.9 Å². The third kappa shape index (κ3) is 5.05. The normalized spacial score (nSPS) is 11.7. The number of aromatic nitrogens is 4. The molecule has 5 rings (SSSR count). The number of sulfonamides is 1. The van der Waals surface area contributed by atoms with Crippen LogP contribution in [0.4, 0.5) is 23.2 Å². The number of anilines is 1. The summed E-state index contributed by atoms with van der Waals surface area (Å²) in [6, 6.07) is 7.27. The van der Waals surface area contributed by atoms with Crippen molar-refractivity contribution in [3.05, 3.63) is 90.0 Å². The van der Waals surface area contributed by atoms with E-state index < -0.39 is 55.9 Å². The number of H-pyrrole nitrogens is 1. The quantitative estimate of drug-likeness (QED) is 0.207. The van der Waals surface area contributed by atoms with Crippen LogP contribution in [0, 0.1) is 11.6 Å². The molecule has 0 saturated heterocycles. The Morgan fingerprint density at radius 2 is 1.90 bits per heavy atom. The monoisotopic (exact) mass is 559 g/mol. The van der Waals surface area contributed by atoms with Gasteiger partial charge in [-0.3, -0.25) is 14.2 Å². The molecule has 0 aliphatic heterocycles. The molecule has 0 aliphatic rings. The van der Waals surface area contributed by atoms with Gasteiger partial charge in [0, 0.05) is 53.8 Å². The summed E-state index contributed by atoms with van der Waals surface area (Å²) < 4.78 is 88.6. The number of aromatic amines is 1. The van der Waals surface area contributed by atoms with Gasteiger partial charge < -0.3 is 9.72 Å². The molecule has 2 aromatic carbocycles. The molecule has 0 bridgehead atoms. The molecule has 0 fully saturated rings. The van der Waals surface area contributed by atoms with Gasteiger partial charge in [0.1, 0.15) is 17.2 Å². The van der Waals surface area contributed by atoms with Crippen LogP contribution in [0.3, 0.4) is 0 Å². The van der Waals surface area contributed by atoms with E-state index in [1.807, 2.05) is 4.72 Å². The standard InChI is InChI=1S/C25H17F4N5O4S/c1-34-12-14(10-32-34)13-7-17-18(11-31-24(17)30-9-13)23(35)21-19(26)5-6-20(22(21)27)33-39(36,37)16-4-2-3-15(8-16)38-25(28)29/h2-12,25,33H,1H3,(H,30,31). The van der Waals surface area contributed by atoms with E-state index in [9.17, 15) is 26.4 Å². The van der Waals surface area contributed by atoms with Gasteiger partial charge in [0.25, 0.3) is 10.0 Å². The molecule has 3 heterocycles. The Hall–Kier alpha value is -4.72. The second kappa shape index (κ2) is 9.87. The molecule has 200 valence electrons. The van der Waals surface area contributed by atoms with Crippen molar-refractivity contribution in [2.45, 2.75) is 11.5 Å². The second-order valence-corrected chi connectivity index (χ2v) is 9.98. The number of pyridine rings is 1. The van der Waals surface area contributed by atoms with E-state index in [2.05, 4.69) is 19.8 Å². The summed E-state index contributed by atoms with van der Waals surface area (Å²) in [6.07, 6.45) is 6.10. The minimum Gasteiger partial charge on any atom is -0.435 e. The number of aryl methyl sites for hydroxylation is 1. The zero-order valence-electron chi connectivity index (χ0n) is 19.8. The molecule has 5 aromatic rings. The predicted molar refractivity (Wildman–Crippen MR) is 132 cm³/mol. The lowest BCUT2D eigenvalue weighted by molar-refractivity contribution is -0.0500. The van der Waals surface area contributed by atoms with Crippen LogP contribution in [0.2, 0.25) is 0 Å². The molecule has 9 nitrogen and oxygen atoms in total. The molecule has 0 spiro atoms. The van der Waals surface area contributed by atoms with Crippen molar-refractivity contribution in [2.24, 2.45) is 7.05 Å². The largest absolute Gasteiger partial charge is 0.435 e. The third-order valence-corrected chi connectivity index (χ3v) is 7.08. The van der Waals surface area contributed by atoms with E-state index >= 15 is 4.39 Å². The summed E-state index contributed by atoms with van der Waals surface area (Å²) >= 11 is 0. The molecule has 0 amide bonds. The van der Waals surface area contributed by atoms with Crippen LogP contribution in [-0.2, 0) is 17.1 Å². The zero-order valence-corrected chi connectivity index (χ0v) is 20.6. The molecule has 3 aromatic heterocycles. The number of alkyl halides is 2. The summed E-state index contributed by atoms with van der Waals surface area (Å²) in [7, 11) is -2.82. The molecule has 0 atom stereocenters. The van der Waals surface area contributed by atoms with E-state index in [4.69, 9.17) is 0 Å². The number of rotatable bonds is 8. The second-order valence-electron chi connectivity index (χ2n) is 8.30. The van der Waals surface area contributed by atoms with Gasteiger partial charge >= 0.3 is 6.61 Å². The minimum absolute atomic E-state index is 0.0992. The lowest BCUT2D eigenvalue weighted by atomic mass is 10.0.